The lowest BCUT2D eigenvalue weighted by Gasteiger charge is -2.09. The molecular formula is C14H16BrN3O. The third kappa shape index (κ3) is 3.04. The summed E-state index contributed by atoms with van der Waals surface area (Å²) in [6.07, 6.45) is 0. The van der Waals surface area contributed by atoms with Crippen molar-refractivity contribution < 1.29 is 4.79 Å². The topological polar surface area (TPSA) is 46.9 Å². The molecule has 1 aromatic carbocycles. The number of hydrogen-bond acceptors (Lipinski definition) is 2. The van der Waals surface area contributed by atoms with Crippen LogP contribution < -0.4 is 5.32 Å². The molecule has 0 unspecified atom stereocenters. The molecule has 1 heterocycles. The van der Waals surface area contributed by atoms with Crippen molar-refractivity contribution in [1.82, 2.24) is 9.78 Å². The van der Waals surface area contributed by atoms with E-state index in [1.165, 1.54) is 0 Å². The normalized spacial score (nSPS) is 10.5. The van der Waals surface area contributed by atoms with Crippen LogP contribution in [0.25, 0.3) is 0 Å². The van der Waals surface area contributed by atoms with Crippen molar-refractivity contribution in [3.63, 3.8) is 0 Å². The van der Waals surface area contributed by atoms with Crippen molar-refractivity contribution >= 4 is 27.5 Å². The summed E-state index contributed by atoms with van der Waals surface area (Å²) in [4.78, 5) is 12.3. The fourth-order valence-electron chi connectivity index (χ4n) is 1.92. The van der Waals surface area contributed by atoms with E-state index >= 15 is 0 Å². The maximum Gasteiger partial charge on any atom is 0.273 e. The van der Waals surface area contributed by atoms with E-state index in [9.17, 15) is 4.79 Å². The molecular weight excluding hydrogens is 306 g/mol. The van der Waals surface area contributed by atoms with Crippen LogP contribution >= 0.6 is 15.9 Å². The molecule has 0 saturated carbocycles. The lowest BCUT2D eigenvalue weighted by Crippen LogP contribution is -2.17. The van der Waals surface area contributed by atoms with Crippen molar-refractivity contribution in [2.45, 2.75) is 27.3 Å². The summed E-state index contributed by atoms with van der Waals surface area (Å²) in [6.45, 7) is 6.49. The average Bonchev–Trinajstić information content (AvgIpc) is 2.74. The van der Waals surface area contributed by atoms with Crippen LogP contribution in [0.5, 0.6) is 0 Å². The number of hydrogen-bond donors (Lipinski definition) is 1. The van der Waals surface area contributed by atoms with E-state index in [2.05, 4.69) is 26.3 Å². The quantitative estimate of drug-likeness (QED) is 0.939. The Labute approximate surface area is 120 Å². The number of halogens is 1. The first-order valence-corrected chi connectivity index (χ1v) is 6.92. The number of aryl methyl sites for hydroxylation is 3. The Morgan fingerprint density at radius 3 is 2.74 bits per heavy atom. The van der Waals surface area contributed by atoms with E-state index < -0.39 is 0 Å². The van der Waals surface area contributed by atoms with Gasteiger partial charge in [0.15, 0.2) is 0 Å². The zero-order valence-corrected chi connectivity index (χ0v) is 12.8. The smallest absolute Gasteiger partial charge is 0.273 e. The molecule has 5 heteroatoms. The minimum Gasteiger partial charge on any atom is -0.320 e. The number of benzene rings is 1. The molecule has 0 aliphatic heterocycles. The number of carbonyl (C=O) groups excluding carboxylic acids is 1. The monoisotopic (exact) mass is 321 g/mol. The summed E-state index contributed by atoms with van der Waals surface area (Å²) in [7, 11) is 0. The minimum atomic E-state index is -0.132. The summed E-state index contributed by atoms with van der Waals surface area (Å²) in [5.41, 5.74) is 3.26. The molecule has 1 aromatic heterocycles. The first-order chi connectivity index (χ1) is 9.01. The molecule has 2 rings (SSSR count). The fraction of sp³-hybridized carbons (Fsp3) is 0.286. The molecule has 0 spiro atoms. The van der Waals surface area contributed by atoms with Gasteiger partial charge in [0.25, 0.3) is 5.91 Å². The van der Waals surface area contributed by atoms with E-state index in [0.29, 0.717) is 12.2 Å². The highest BCUT2D eigenvalue weighted by Gasteiger charge is 2.14. The van der Waals surface area contributed by atoms with Gasteiger partial charge in [-0.1, -0.05) is 15.9 Å². The second kappa shape index (κ2) is 5.57. The number of nitrogens with zero attached hydrogens (tertiary/aromatic N) is 2. The van der Waals surface area contributed by atoms with Crippen LogP contribution in [0.3, 0.4) is 0 Å². The second-order valence-corrected chi connectivity index (χ2v) is 5.32. The number of anilines is 1. The Balaban J connectivity index is 2.25. The highest BCUT2D eigenvalue weighted by atomic mass is 79.9. The third-order valence-electron chi connectivity index (χ3n) is 2.87. The predicted octanol–water partition coefficient (Wildman–Crippen LogP) is 3.53. The molecule has 0 radical (unpaired) electrons. The summed E-state index contributed by atoms with van der Waals surface area (Å²) in [5, 5.41) is 7.20. The third-order valence-corrected chi connectivity index (χ3v) is 3.36. The van der Waals surface area contributed by atoms with Gasteiger partial charge in [0.1, 0.15) is 5.69 Å². The van der Waals surface area contributed by atoms with Crippen LogP contribution in [-0.4, -0.2) is 15.7 Å². The number of carbonyl (C=O) groups is 1. The van der Waals surface area contributed by atoms with Gasteiger partial charge in [0.2, 0.25) is 0 Å². The molecule has 0 fully saturated rings. The van der Waals surface area contributed by atoms with Crippen LogP contribution in [0, 0.1) is 13.8 Å². The fourth-order valence-corrected chi connectivity index (χ4v) is 2.40. The van der Waals surface area contributed by atoms with Gasteiger partial charge in [-0.2, -0.15) is 5.10 Å². The first kappa shape index (κ1) is 13.8. The van der Waals surface area contributed by atoms with Crippen LogP contribution in [0.2, 0.25) is 0 Å². The van der Waals surface area contributed by atoms with Gasteiger partial charge in [0, 0.05) is 16.7 Å². The summed E-state index contributed by atoms with van der Waals surface area (Å²) < 4.78 is 2.70. The van der Waals surface area contributed by atoms with E-state index in [1.807, 2.05) is 39.0 Å². The lowest BCUT2D eigenvalue weighted by atomic mass is 10.2. The Morgan fingerprint density at radius 1 is 1.37 bits per heavy atom. The first-order valence-electron chi connectivity index (χ1n) is 6.13. The van der Waals surface area contributed by atoms with Gasteiger partial charge >= 0.3 is 0 Å². The zero-order valence-electron chi connectivity index (χ0n) is 11.2. The summed E-state index contributed by atoms with van der Waals surface area (Å²) >= 11 is 3.41. The zero-order chi connectivity index (χ0) is 14.0. The minimum absolute atomic E-state index is 0.132. The number of amides is 1. The standard InChI is InChI=1S/C14H16BrN3O/c1-4-18-13(8-10(3)17-18)14(19)16-12-6-5-11(15)7-9(12)2/h5-8H,4H2,1-3H3,(H,16,19). The largest absolute Gasteiger partial charge is 0.320 e. The van der Waals surface area contributed by atoms with Crippen molar-refractivity contribution in [2.75, 3.05) is 5.32 Å². The van der Waals surface area contributed by atoms with Gasteiger partial charge < -0.3 is 5.32 Å². The van der Waals surface area contributed by atoms with Crippen LogP contribution in [0.15, 0.2) is 28.7 Å². The molecule has 4 nitrogen and oxygen atoms in total. The highest BCUT2D eigenvalue weighted by molar-refractivity contribution is 9.10. The maximum absolute atomic E-state index is 12.3. The molecule has 0 bridgehead atoms. The SMILES string of the molecule is CCn1nc(C)cc1C(=O)Nc1ccc(Br)cc1C. The van der Waals surface area contributed by atoms with Gasteiger partial charge in [0.05, 0.1) is 5.69 Å². The Hall–Kier alpha value is -1.62. The Bertz CT molecular complexity index is 619. The van der Waals surface area contributed by atoms with Crippen molar-refractivity contribution in [3.8, 4) is 0 Å². The van der Waals surface area contributed by atoms with Gasteiger partial charge in [-0.25, -0.2) is 0 Å². The molecule has 1 amide bonds. The van der Waals surface area contributed by atoms with E-state index in [-0.39, 0.29) is 5.91 Å². The predicted molar refractivity (Wildman–Crippen MR) is 79.5 cm³/mol. The van der Waals surface area contributed by atoms with Gasteiger partial charge in [-0.3, -0.25) is 9.48 Å². The highest BCUT2D eigenvalue weighted by Crippen LogP contribution is 2.20. The molecule has 0 atom stereocenters. The maximum atomic E-state index is 12.3. The van der Waals surface area contributed by atoms with Crippen molar-refractivity contribution in [1.29, 1.82) is 0 Å². The molecule has 0 aliphatic carbocycles. The van der Waals surface area contributed by atoms with E-state index in [4.69, 9.17) is 0 Å². The number of nitrogens with one attached hydrogen (secondary N) is 1. The van der Waals surface area contributed by atoms with Gasteiger partial charge in [-0.05, 0) is 50.6 Å². The van der Waals surface area contributed by atoms with Gasteiger partial charge in [-0.15, -0.1) is 0 Å². The second-order valence-electron chi connectivity index (χ2n) is 4.40. The molecule has 2 aromatic rings. The van der Waals surface area contributed by atoms with E-state index in [0.717, 1.165) is 21.4 Å². The van der Waals surface area contributed by atoms with Crippen LogP contribution in [0.4, 0.5) is 5.69 Å². The molecule has 0 saturated heterocycles. The van der Waals surface area contributed by atoms with Crippen LogP contribution in [-0.2, 0) is 6.54 Å². The number of aromatic nitrogens is 2. The lowest BCUT2D eigenvalue weighted by molar-refractivity contribution is 0.101. The molecule has 100 valence electrons. The van der Waals surface area contributed by atoms with Crippen molar-refractivity contribution in [2.24, 2.45) is 0 Å². The average molecular weight is 322 g/mol. The summed E-state index contributed by atoms with van der Waals surface area (Å²) in [5.74, 6) is -0.132. The van der Waals surface area contributed by atoms with Crippen molar-refractivity contribution in [3.05, 3.63) is 45.7 Å². The van der Waals surface area contributed by atoms with Crippen LogP contribution in [0.1, 0.15) is 28.7 Å². The Morgan fingerprint density at radius 2 is 2.11 bits per heavy atom. The Kier molecular flexibility index (Phi) is 4.04. The summed E-state index contributed by atoms with van der Waals surface area (Å²) in [6, 6.07) is 7.56. The van der Waals surface area contributed by atoms with E-state index in [1.54, 1.807) is 10.7 Å². The number of rotatable bonds is 3. The molecule has 0 aliphatic rings. The molecule has 1 N–H and O–H groups in total. The molecule has 19 heavy (non-hydrogen) atoms.